The van der Waals surface area contributed by atoms with Crippen molar-refractivity contribution < 1.29 is 22.7 Å². The quantitative estimate of drug-likeness (QED) is 0.856. The summed E-state index contributed by atoms with van der Waals surface area (Å²) in [6, 6.07) is 3.33. The maximum atomic E-state index is 13.3. The number of benzene rings is 1. The van der Waals surface area contributed by atoms with E-state index in [0.717, 1.165) is 12.1 Å². The normalized spacial score (nSPS) is 11.2. The number of halogens is 3. The van der Waals surface area contributed by atoms with Crippen LogP contribution in [0.15, 0.2) is 18.2 Å². The van der Waals surface area contributed by atoms with Crippen LogP contribution in [-0.2, 0) is 4.74 Å². The first-order valence-corrected chi connectivity index (χ1v) is 5.30. The molecule has 0 spiro atoms. The zero-order valence-corrected chi connectivity index (χ0v) is 9.47. The molecule has 0 aliphatic heterocycles. The van der Waals surface area contributed by atoms with Crippen LogP contribution in [0.3, 0.4) is 0 Å². The van der Waals surface area contributed by atoms with E-state index in [0.29, 0.717) is 5.39 Å². The molecule has 1 N–H and O–H groups in total. The predicted octanol–water partition coefficient (Wildman–Crippen LogP) is 3.42. The number of ether oxygens (including phenoxy) is 1. The number of esters is 1. The molecule has 0 fully saturated rings. The Morgan fingerprint density at radius 3 is 2.72 bits per heavy atom. The Kier molecular flexibility index (Phi) is 3.27. The maximum Gasteiger partial charge on any atom is 0.354 e. The lowest BCUT2D eigenvalue weighted by Gasteiger charge is -2.01. The van der Waals surface area contributed by atoms with Gasteiger partial charge < -0.3 is 9.72 Å². The molecule has 0 atom stereocenters. The van der Waals surface area contributed by atoms with Crippen LogP contribution in [0.25, 0.3) is 10.9 Å². The lowest BCUT2D eigenvalue weighted by molar-refractivity contribution is 0.0520. The summed E-state index contributed by atoms with van der Waals surface area (Å²) in [4.78, 5) is 14.1. The van der Waals surface area contributed by atoms with E-state index in [4.69, 9.17) is 4.74 Å². The first-order chi connectivity index (χ1) is 8.52. The van der Waals surface area contributed by atoms with Crippen molar-refractivity contribution in [3.8, 4) is 0 Å². The second-order valence-corrected chi connectivity index (χ2v) is 3.67. The molecule has 0 bridgehead atoms. The van der Waals surface area contributed by atoms with Gasteiger partial charge in [0.1, 0.15) is 11.5 Å². The molecule has 0 saturated heterocycles. The van der Waals surface area contributed by atoms with E-state index in [1.165, 1.54) is 6.07 Å². The van der Waals surface area contributed by atoms with Gasteiger partial charge in [0.25, 0.3) is 6.43 Å². The molecule has 0 unspecified atom stereocenters. The molecule has 1 aromatic heterocycles. The average Bonchev–Trinajstić information content (AvgIpc) is 2.70. The minimum atomic E-state index is -2.90. The van der Waals surface area contributed by atoms with Crippen molar-refractivity contribution in [1.29, 1.82) is 0 Å². The van der Waals surface area contributed by atoms with E-state index >= 15 is 0 Å². The third-order valence-electron chi connectivity index (χ3n) is 2.47. The lowest BCUT2D eigenvalue weighted by atomic mass is 10.1. The number of rotatable bonds is 3. The highest BCUT2D eigenvalue weighted by molar-refractivity contribution is 5.95. The van der Waals surface area contributed by atoms with E-state index in [-0.39, 0.29) is 17.8 Å². The number of H-pyrrole nitrogens is 1. The summed E-state index contributed by atoms with van der Waals surface area (Å²) in [5, 5.41) is 0.347. The van der Waals surface area contributed by atoms with E-state index in [9.17, 15) is 18.0 Å². The number of aromatic nitrogens is 1. The van der Waals surface area contributed by atoms with Gasteiger partial charge in [-0.05, 0) is 25.1 Å². The lowest BCUT2D eigenvalue weighted by Crippen LogP contribution is -2.04. The van der Waals surface area contributed by atoms with Crippen molar-refractivity contribution in [2.45, 2.75) is 13.3 Å². The van der Waals surface area contributed by atoms with Crippen molar-refractivity contribution >= 4 is 16.9 Å². The van der Waals surface area contributed by atoms with Crippen LogP contribution in [-0.4, -0.2) is 17.6 Å². The molecular weight excluding hydrogens is 247 g/mol. The molecule has 96 valence electrons. The fraction of sp³-hybridized carbons (Fsp3) is 0.250. The van der Waals surface area contributed by atoms with Crippen molar-refractivity contribution in [2.24, 2.45) is 0 Å². The maximum absolute atomic E-state index is 13.3. The Morgan fingerprint density at radius 1 is 1.39 bits per heavy atom. The second-order valence-electron chi connectivity index (χ2n) is 3.67. The fourth-order valence-corrected chi connectivity index (χ4v) is 1.66. The summed E-state index contributed by atoms with van der Waals surface area (Å²) >= 11 is 0. The number of hydrogen-bond donors (Lipinski definition) is 1. The van der Waals surface area contributed by atoms with Gasteiger partial charge in [0.2, 0.25) is 0 Å². The van der Waals surface area contributed by atoms with Gasteiger partial charge in [-0.2, -0.15) is 0 Å². The highest BCUT2D eigenvalue weighted by atomic mass is 19.3. The molecule has 2 aromatic rings. The summed E-state index contributed by atoms with van der Waals surface area (Å²) in [6.07, 6.45) is -2.90. The topological polar surface area (TPSA) is 42.1 Å². The molecule has 6 heteroatoms. The first kappa shape index (κ1) is 12.5. The molecule has 1 aromatic carbocycles. The molecule has 1 heterocycles. The Hall–Kier alpha value is -1.98. The Morgan fingerprint density at radius 2 is 2.11 bits per heavy atom. The van der Waals surface area contributed by atoms with Gasteiger partial charge in [0, 0.05) is 10.9 Å². The minimum absolute atomic E-state index is 0.109. The largest absolute Gasteiger partial charge is 0.461 e. The third-order valence-corrected chi connectivity index (χ3v) is 2.47. The fourth-order valence-electron chi connectivity index (χ4n) is 1.66. The van der Waals surface area contributed by atoms with Crippen LogP contribution < -0.4 is 0 Å². The zero-order valence-electron chi connectivity index (χ0n) is 9.47. The van der Waals surface area contributed by atoms with E-state index in [2.05, 4.69) is 4.98 Å². The number of nitrogens with one attached hydrogen (secondary N) is 1. The molecule has 0 saturated carbocycles. The molecule has 3 nitrogen and oxygen atoms in total. The van der Waals surface area contributed by atoms with Gasteiger partial charge in [0.15, 0.2) is 0 Å². The number of carbonyl (C=O) groups excluding carboxylic acids is 1. The number of carbonyl (C=O) groups is 1. The molecule has 0 aliphatic rings. The summed E-state index contributed by atoms with van der Waals surface area (Å²) < 4.78 is 43.1. The standard InChI is InChI=1S/C12H10F3NO2/c1-2-18-12(17)10-4-6-3-8(13)7(11(14)15)5-9(6)16-10/h3-5,11,16H,2H2,1H3. The van der Waals surface area contributed by atoms with Gasteiger partial charge in [-0.25, -0.2) is 18.0 Å². The van der Waals surface area contributed by atoms with E-state index < -0.39 is 23.8 Å². The average molecular weight is 257 g/mol. The van der Waals surface area contributed by atoms with Gasteiger partial charge >= 0.3 is 5.97 Å². The van der Waals surface area contributed by atoms with Crippen molar-refractivity contribution in [2.75, 3.05) is 6.61 Å². The molecule has 2 rings (SSSR count). The first-order valence-electron chi connectivity index (χ1n) is 5.30. The highest BCUT2D eigenvalue weighted by Crippen LogP contribution is 2.27. The van der Waals surface area contributed by atoms with Crippen LogP contribution in [0.5, 0.6) is 0 Å². The van der Waals surface area contributed by atoms with Crippen LogP contribution in [0, 0.1) is 5.82 Å². The van der Waals surface area contributed by atoms with Crippen LogP contribution in [0.2, 0.25) is 0 Å². The van der Waals surface area contributed by atoms with Crippen molar-refractivity contribution in [1.82, 2.24) is 4.98 Å². The second kappa shape index (κ2) is 4.72. The zero-order chi connectivity index (χ0) is 13.3. The molecule has 0 aliphatic carbocycles. The number of alkyl halides is 2. The van der Waals surface area contributed by atoms with Gasteiger partial charge in [-0.3, -0.25) is 0 Å². The Bertz CT molecular complexity index is 592. The minimum Gasteiger partial charge on any atom is -0.461 e. The van der Waals surface area contributed by atoms with Crippen molar-refractivity contribution in [3.05, 3.63) is 35.3 Å². The van der Waals surface area contributed by atoms with Gasteiger partial charge in [-0.15, -0.1) is 0 Å². The smallest absolute Gasteiger partial charge is 0.354 e. The number of fused-ring (bicyclic) bond motifs is 1. The summed E-state index contributed by atoms with van der Waals surface area (Å²) in [5.41, 5.74) is -0.313. The monoisotopic (exact) mass is 257 g/mol. The van der Waals surface area contributed by atoms with Crippen LogP contribution >= 0.6 is 0 Å². The summed E-state index contributed by atoms with van der Waals surface area (Å²) in [7, 11) is 0. The van der Waals surface area contributed by atoms with Gasteiger partial charge in [-0.1, -0.05) is 0 Å². The Balaban J connectivity index is 2.48. The van der Waals surface area contributed by atoms with Crippen LogP contribution in [0.4, 0.5) is 13.2 Å². The Labute approximate surface area is 101 Å². The molecule has 0 radical (unpaired) electrons. The number of aromatic amines is 1. The molecule has 18 heavy (non-hydrogen) atoms. The van der Waals surface area contributed by atoms with E-state index in [1.807, 2.05) is 0 Å². The van der Waals surface area contributed by atoms with Crippen LogP contribution in [0.1, 0.15) is 29.4 Å². The third kappa shape index (κ3) is 2.18. The molecule has 0 amide bonds. The predicted molar refractivity (Wildman–Crippen MR) is 59.2 cm³/mol. The summed E-state index contributed by atoms with van der Waals surface area (Å²) in [6.45, 7) is 1.85. The SMILES string of the molecule is CCOC(=O)c1cc2cc(F)c(C(F)F)cc2[nH]1. The highest BCUT2D eigenvalue weighted by Gasteiger charge is 2.17. The van der Waals surface area contributed by atoms with Crippen molar-refractivity contribution in [3.63, 3.8) is 0 Å². The van der Waals surface area contributed by atoms with E-state index in [1.54, 1.807) is 6.92 Å². The number of hydrogen-bond acceptors (Lipinski definition) is 2. The summed E-state index contributed by atoms with van der Waals surface area (Å²) in [5.74, 6) is -1.60. The molecular formula is C12H10F3NO2. The van der Waals surface area contributed by atoms with Gasteiger partial charge in [0.05, 0.1) is 12.2 Å².